The molecular formula is C16H14BrCl2F. The third-order valence-corrected chi connectivity index (χ3v) is 4.58. The van der Waals surface area contributed by atoms with Crippen LogP contribution in [0.3, 0.4) is 0 Å². The highest BCUT2D eigenvalue weighted by molar-refractivity contribution is 9.09. The van der Waals surface area contributed by atoms with E-state index < -0.39 is 0 Å². The van der Waals surface area contributed by atoms with Crippen LogP contribution >= 0.6 is 39.1 Å². The lowest BCUT2D eigenvalue weighted by Gasteiger charge is -2.15. The molecule has 0 amide bonds. The molecule has 20 heavy (non-hydrogen) atoms. The van der Waals surface area contributed by atoms with Gasteiger partial charge in [0, 0.05) is 10.4 Å². The molecule has 0 saturated heterocycles. The number of halogens is 4. The van der Waals surface area contributed by atoms with Crippen molar-refractivity contribution in [2.24, 2.45) is 5.92 Å². The summed E-state index contributed by atoms with van der Waals surface area (Å²) in [4.78, 5) is 0. The molecule has 0 N–H and O–H groups in total. The number of benzene rings is 2. The monoisotopic (exact) mass is 374 g/mol. The molecule has 0 bridgehead atoms. The van der Waals surface area contributed by atoms with Gasteiger partial charge in [0.25, 0.3) is 0 Å². The second kappa shape index (κ2) is 7.44. The number of hydrogen-bond donors (Lipinski definition) is 0. The first-order valence-corrected chi connectivity index (χ1v) is 8.20. The number of hydrogen-bond acceptors (Lipinski definition) is 0. The molecule has 0 radical (unpaired) electrons. The Hall–Kier alpha value is -0.570. The van der Waals surface area contributed by atoms with Gasteiger partial charge < -0.3 is 0 Å². The van der Waals surface area contributed by atoms with Crippen molar-refractivity contribution in [1.29, 1.82) is 0 Å². The van der Waals surface area contributed by atoms with E-state index in [9.17, 15) is 4.39 Å². The third kappa shape index (κ3) is 4.47. The zero-order chi connectivity index (χ0) is 14.5. The molecule has 0 saturated carbocycles. The smallest absolute Gasteiger partial charge is 0.141 e. The van der Waals surface area contributed by atoms with Crippen LogP contribution in [0.2, 0.25) is 10.0 Å². The predicted molar refractivity (Wildman–Crippen MR) is 87.6 cm³/mol. The Morgan fingerprint density at radius 3 is 2.30 bits per heavy atom. The van der Waals surface area contributed by atoms with Gasteiger partial charge in [-0.25, -0.2) is 4.39 Å². The van der Waals surface area contributed by atoms with E-state index in [4.69, 9.17) is 23.2 Å². The Bertz CT molecular complexity index is 586. The summed E-state index contributed by atoms with van der Waals surface area (Å²) in [5.41, 5.74) is 2.25. The molecule has 106 valence electrons. The zero-order valence-corrected chi connectivity index (χ0v) is 13.8. The van der Waals surface area contributed by atoms with Gasteiger partial charge in [0.05, 0.1) is 5.02 Å². The van der Waals surface area contributed by atoms with Crippen LogP contribution < -0.4 is 0 Å². The minimum atomic E-state index is -0.374. The van der Waals surface area contributed by atoms with Crippen molar-refractivity contribution in [2.75, 3.05) is 5.33 Å². The highest BCUT2D eigenvalue weighted by Crippen LogP contribution is 2.22. The van der Waals surface area contributed by atoms with Crippen molar-refractivity contribution in [3.05, 3.63) is 69.5 Å². The molecule has 4 heteroatoms. The molecule has 0 aliphatic rings. The van der Waals surface area contributed by atoms with Gasteiger partial charge in [0.15, 0.2) is 0 Å². The largest absolute Gasteiger partial charge is 0.205 e. The summed E-state index contributed by atoms with van der Waals surface area (Å²) in [6.45, 7) is 0. The van der Waals surface area contributed by atoms with E-state index in [1.165, 1.54) is 11.6 Å². The molecule has 0 nitrogen and oxygen atoms in total. The molecule has 0 aliphatic carbocycles. The topological polar surface area (TPSA) is 0 Å². The van der Waals surface area contributed by atoms with Crippen LogP contribution in [0.4, 0.5) is 4.39 Å². The summed E-state index contributed by atoms with van der Waals surface area (Å²) in [5, 5.41) is 1.80. The summed E-state index contributed by atoms with van der Waals surface area (Å²) >= 11 is 15.4. The predicted octanol–water partition coefficient (Wildman–Crippen LogP) is 5.93. The summed E-state index contributed by atoms with van der Waals surface area (Å²) in [6.07, 6.45) is 1.76. The summed E-state index contributed by atoms with van der Waals surface area (Å²) < 4.78 is 13.2. The molecule has 2 aromatic carbocycles. The summed E-state index contributed by atoms with van der Waals surface area (Å²) in [5.74, 6) is 0.0376. The van der Waals surface area contributed by atoms with Gasteiger partial charge >= 0.3 is 0 Å². The second-order valence-electron chi connectivity index (χ2n) is 4.81. The van der Waals surface area contributed by atoms with Gasteiger partial charge in [-0.2, -0.15) is 0 Å². The average molecular weight is 376 g/mol. The first kappa shape index (κ1) is 15.8. The van der Waals surface area contributed by atoms with Crippen LogP contribution in [-0.4, -0.2) is 5.33 Å². The molecule has 0 spiro atoms. The average Bonchev–Trinajstić information content (AvgIpc) is 2.42. The van der Waals surface area contributed by atoms with Crippen molar-refractivity contribution in [1.82, 2.24) is 0 Å². The maximum atomic E-state index is 13.2. The van der Waals surface area contributed by atoms with E-state index in [1.807, 2.05) is 18.2 Å². The Balaban J connectivity index is 2.07. The highest BCUT2D eigenvalue weighted by Gasteiger charge is 2.11. The molecule has 0 aliphatic heterocycles. The van der Waals surface area contributed by atoms with E-state index in [0.717, 1.165) is 28.8 Å². The fraction of sp³-hybridized carbons (Fsp3) is 0.250. The summed E-state index contributed by atoms with van der Waals surface area (Å²) in [6, 6.07) is 12.8. The molecule has 0 heterocycles. The van der Waals surface area contributed by atoms with Crippen LogP contribution in [0.5, 0.6) is 0 Å². The van der Waals surface area contributed by atoms with Gasteiger partial charge in [0.2, 0.25) is 0 Å². The van der Waals surface area contributed by atoms with Gasteiger partial charge in [-0.15, -0.1) is 0 Å². The lowest BCUT2D eigenvalue weighted by atomic mass is 9.94. The van der Waals surface area contributed by atoms with E-state index >= 15 is 0 Å². The van der Waals surface area contributed by atoms with E-state index in [0.29, 0.717) is 5.92 Å². The van der Waals surface area contributed by atoms with E-state index in [-0.39, 0.29) is 10.8 Å². The quantitative estimate of drug-likeness (QED) is 0.568. The molecule has 1 atom stereocenters. The fourth-order valence-electron chi connectivity index (χ4n) is 2.18. The third-order valence-electron chi connectivity index (χ3n) is 3.14. The van der Waals surface area contributed by atoms with Crippen LogP contribution in [0.15, 0.2) is 42.5 Å². The maximum Gasteiger partial charge on any atom is 0.141 e. The van der Waals surface area contributed by atoms with Crippen LogP contribution in [0, 0.1) is 11.7 Å². The van der Waals surface area contributed by atoms with Crippen LogP contribution in [0.25, 0.3) is 0 Å². The Kier molecular flexibility index (Phi) is 5.88. The van der Waals surface area contributed by atoms with Crippen molar-refractivity contribution in [3.63, 3.8) is 0 Å². The SMILES string of the molecule is Fc1ccc(CC(CBr)Cc2cccc(Cl)c2)cc1Cl. The first-order chi connectivity index (χ1) is 9.58. The fourth-order valence-corrected chi connectivity index (χ4v) is 3.05. The first-order valence-electron chi connectivity index (χ1n) is 6.33. The minimum Gasteiger partial charge on any atom is -0.205 e. The highest BCUT2D eigenvalue weighted by atomic mass is 79.9. The Labute approximate surface area is 137 Å². The number of alkyl halides is 1. The van der Waals surface area contributed by atoms with Crippen LogP contribution in [-0.2, 0) is 12.8 Å². The zero-order valence-electron chi connectivity index (χ0n) is 10.8. The van der Waals surface area contributed by atoms with Crippen molar-refractivity contribution in [2.45, 2.75) is 12.8 Å². The van der Waals surface area contributed by atoms with Crippen LogP contribution in [0.1, 0.15) is 11.1 Å². The van der Waals surface area contributed by atoms with Crippen molar-refractivity contribution < 1.29 is 4.39 Å². The molecular weight excluding hydrogens is 362 g/mol. The minimum absolute atomic E-state index is 0.179. The molecule has 2 rings (SSSR count). The van der Waals surface area contributed by atoms with Gasteiger partial charge in [0.1, 0.15) is 5.82 Å². The standard InChI is InChI=1S/C16H14BrCl2F/c17-10-13(6-11-2-1-3-14(18)8-11)7-12-4-5-16(20)15(19)9-12/h1-5,8-9,13H,6-7,10H2. The molecule has 1 unspecified atom stereocenters. The van der Waals surface area contributed by atoms with E-state index in [2.05, 4.69) is 22.0 Å². The molecule has 0 fully saturated rings. The van der Waals surface area contributed by atoms with Gasteiger partial charge in [-0.05, 0) is 54.2 Å². The number of rotatable bonds is 5. The van der Waals surface area contributed by atoms with Crippen molar-refractivity contribution in [3.8, 4) is 0 Å². The molecule has 0 aromatic heterocycles. The van der Waals surface area contributed by atoms with Gasteiger partial charge in [-0.3, -0.25) is 0 Å². The molecule has 2 aromatic rings. The summed E-state index contributed by atoms with van der Waals surface area (Å²) in [7, 11) is 0. The van der Waals surface area contributed by atoms with E-state index in [1.54, 1.807) is 12.1 Å². The van der Waals surface area contributed by atoms with Crippen molar-refractivity contribution >= 4 is 39.1 Å². The maximum absolute atomic E-state index is 13.2. The Morgan fingerprint density at radius 2 is 1.70 bits per heavy atom. The lowest BCUT2D eigenvalue weighted by molar-refractivity contribution is 0.588. The lowest BCUT2D eigenvalue weighted by Crippen LogP contribution is -2.10. The normalized spacial score (nSPS) is 12.4. The Morgan fingerprint density at radius 1 is 1.00 bits per heavy atom. The second-order valence-corrected chi connectivity index (χ2v) is 6.30. The van der Waals surface area contributed by atoms with Gasteiger partial charge in [-0.1, -0.05) is 57.3 Å².